The molecular weight excluding hydrogens is 366 g/mol. The Bertz CT molecular complexity index is 1180. The quantitative estimate of drug-likeness (QED) is 0.494. The van der Waals surface area contributed by atoms with Gasteiger partial charge < -0.3 is 10.1 Å². The van der Waals surface area contributed by atoms with E-state index in [9.17, 15) is 4.79 Å². The van der Waals surface area contributed by atoms with Gasteiger partial charge in [0.25, 0.3) is 5.56 Å². The average Bonchev–Trinajstić information content (AvgIpc) is 3.39. The zero-order valence-electron chi connectivity index (χ0n) is 14.1. The lowest BCUT2D eigenvalue weighted by Gasteiger charge is -2.27. The number of benzene rings is 1. The number of fused-ring (bicyclic) bond motifs is 2. The number of nitrogens with one attached hydrogen (secondary N) is 2. The number of tetrazole rings is 1. The highest BCUT2D eigenvalue weighted by Crippen LogP contribution is 2.42. The van der Waals surface area contributed by atoms with Crippen LogP contribution in [0.15, 0.2) is 46.6 Å². The first-order valence-electron chi connectivity index (χ1n) is 8.11. The van der Waals surface area contributed by atoms with Crippen molar-refractivity contribution in [3.63, 3.8) is 0 Å². The third-order valence-corrected chi connectivity index (χ3v) is 5.31. The Hall–Kier alpha value is -3.53. The highest BCUT2D eigenvalue weighted by Gasteiger charge is 2.34. The van der Waals surface area contributed by atoms with E-state index >= 15 is 0 Å². The molecular formula is C17H13N7O2S. The zero-order chi connectivity index (χ0) is 18.4. The number of aromatic nitrogens is 6. The maximum absolute atomic E-state index is 12.5. The molecule has 4 aromatic rings. The zero-order valence-corrected chi connectivity index (χ0v) is 14.9. The fourth-order valence-corrected chi connectivity index (χ4v) is 3.99. The van der Waals surface area contributed by atoms with Crippen molar-refractivity contribution in [3.05, 3.63) is 63.3 Å². The van der Waals surface area contributed by atoms with Gasteiger partial charge in [-0.05, 0) is 39.6 Å². The molecule has 3 aromatic heterocycles. The Labute approximate surface area is 156 Å². The van der Waals surface area contributed by atoms with Crippen LogP contribution in [0, 0.1) is 0 Å². The molecule has 1 atom stereocenters. The summed E-state index contributed by atoms with van der Waals surface area (Å²) in [7, 11) is 1.61. The molecule has 0 bridgehead atoms. The number of anilines is 2. The molecule has 4 heterocycles. The Kier molecular flexibility index (Phi) is 3.50. The molecule has 1 aliphatic heterocycles. The SMILES string of the molecule is COc1cccc([C@H]2c3c(-c4cccs4)n[nH]c(=O)c3Nc3nnnn32)c1. The molecule has 0 saturated carbocycles. The van der Waals surface area contributed by atoms with Crippen LogP contribution >= 0.6 is 11.3 Å². The maximum Gasteiger partial charge on any atom is 0.288 e. The third-order valence-electron chi connectivity index (χ3n) is 4.43. The number of hydrogen-bond donors (Lipinski definition) is 2. The Morgan fingerprint density at radius 1 is 1.26 bits per heavy atom. The largest absolute Gasteiger partial charge is 0.497 e. The molecule has 1 aromatic carbocycles. The third kappa shape index (κ3) is 2.41. The van der Waals surface area contributed by atoms with Crippen LogP contribution in [0.2, 0.25) is 0 Å². The minimum absolute atomic E-state index is 0.326. The fourth-order valence-electron chi connectivity index (χ4n) is 3.26. The fraction of sp³-hybridized carbons (Fsp3) is 0.118. The highest BCUT2D eigenvalue weighted by atomic mass is 32.1. The van der Waals surface area contributed by atoms with Gasteiger partial charge in [-0.1, -0.05) is 23.3 Å². The summed E-state index contributed by atoms with van der Waals surface area (Å²) in [5.74, 6) is 1.10. The van der Waals surface area contributed by atoms with Crippen molar-refractivity contribution >= 4 is 23.0 Å². The predicted molar refractivity (Wildman–Crippen MR) is 99.5 cm³/mol. The number of ether oxygens (including phenoxy) is 1. The molecule has 0 saturated heterocycles. The maximum atomic E-state index is 12.5. The van der Waals surface area contributed by atoms with Gasteiger partial charge in [-0.25, -0.2) is 5.10 Å². The Morgan fingerprint density at radius 2 is 2.19 bits per heavy atom. The van der Waals surface area contributed by atoms with Gasteiger partial charge in [-0.3, -0.25) is 4.79 Å². The molecule has 5 rings (SSSR count). The van der Waals surface area contributed by atoms with Crippen LogP contribution in [0.4, 0.5) is 11.6 Å². The number of H-pyrrole nitrogens is 1. The van der Waals surface area contributed by atoms with E-state index in [1.807, 2.05) is 41.8 Å². The van der Waals surface area contributed by atoms with Crippen molar-refractivity contribution in [2.24, 2.45) is 0 Å². The van der Waals surface area contributed by atoms with E-state index in [2.05, 4.69) is 31.0 Å². The molecule has 2 N–H and O–H groups in total. The van der Waals surface area contributed by atoms with Crippen LogP contribution in [0.25, 0.3) is 10.6 Å². The lowest BCUT2D eigenvalue weighted by Crippen LogP contribution is -2.29. The van der Waals surface area contributed by atoms with Crippen LogP contribution in [0.5, 0.6) is 5.75 Å². The van der Waals surface area contributed by atoms with Gasteiger partial charge in [0.15, 0.2) is 0 Å². The van der Waals surface area contributed by atoms with Crippen molar-refractivity contribution in [2.45, 2.75) is 6.04 Å². The van der Waals surface area contributed by atoms with E-state index in [0.717, 1.165) is 10.4 Å². The number of aromatic amines is 1. The molecule has 0 amide bonds. The van der Waals surface area contributed by atoms with E-state index in [1.54, 1.807) is 23.1 Å². The van der Waals surface area contributed by atoms with Crippen molar-refractivity contribution in [1.82, 2.24) is 30.4 Å². The lowest BCUT2D eigenvalue weighted by molar-refractivity contribution is 0.413. The van der Waals surface area contributed by atoms with Gasteiger partial charge in [0, 0.05) is 5.56 Å². The van der Waals surface area contributed by atoms with E-state index in [4.69, 9.17) is 4.74 Å². The van der Waals surface area contributed by atoms with Gasteiger partial charge in [-0.15, -0.1) is 11.3 Å². The number of nitrogens with zero attached hydrogens (tertiary/aromatic N) is 5. The first-order chi connectivity index (χ1) is 13.3. The van der Waals surface area contributed by atoms with Gasteiger partial charge in [-0.2, -0.15) is 9.78 Å². The van der Waals surface area contributed by atoms with Gasteiger partial charge in [0.05, 0.1) is 12.0 Å². The van der Waals surface area contributed by atoms with Gasteiger partial charge in [0.1, 0.15) is 23.2 Å². The summed E-state index contributed by atoms with van der Waals surface area (Å²) in [5.41, 5.74) is 2.35. The van der Waals surface area contributed by atoms with Crippen LogP contribution in [0.1, 0.15) is 17.2 Å². The molecule has 10 heteroatoms. The normalized spacial score (nSPS) is 14.9. The summed E-state index contributed by atoms with van der Waals surface area (Å²) < 4.78 is 7.02. The van der Waals surface area contributed by atoms with Gasteiger partial charge >= 0.3 is 0 Å². The second kappa shape index (κ2) is 6.02. The predicted octanol–water partition coefficient (Wildman–Crippen LogP) is 2.19. The molecule has 0 unspecified atom stereocenters. The average molecular weight is 379 g/mol. The first kappa shape index (κ1) is 15.7. The summed E-state index contributed by atoms with van der Waals surface area (Å²) in [6.07, 6.45) is 0. The summed E-state index contributed by atoms with van der Waals surface area (Å²) in [6.45, 7) is 0. The number of hydrogen-bond acceptors (Lipinski definition) is 8. The van der Waals surface area contributed by atoms with Crippen LogP contribution in [-0.4, -0.2) is 37.5 Å². The number of methoxy groups -OCH3 is 1. The first-order valence-corrected chi connectivity index (χ1v) is 8.99. The van der Waals surface area contributed by atoms with Crippen LogP contribution in [0.3, 0.4) is 0 Å². The Balaban J connectivity index is 1.83. The second-order valence-corrected chi connectivity index (χ2v) is 6.87. The van der Waals surface area contributed by atoms with Gasteiger partial charge in [0.2, 0.25) is 5.95 Å². The van der Waals surface area contributed by atoms with E-state index in [0.29, 0.717) is 28.6 Å². The summed E-state index contributed by atoms with van der Waals surface area (Å²) in [6, 6.07) is 11.1. The van der Waals surface area contributed by atoms with E-state index < -0.39 is 6.04 Å². The van der Waals surface area contributed by atoms with Crippen molar-refractivity contribution in [1.29, 1.82) is 0 Å². The van der Waals surface area contributed by atoms with Crippen molar-refractivity contribution < 1.29 is 4.74 Å². The topological polar surface area (TPSA) is 111 Å². The lowest BCUT2D eigenvalue weighted by atomic mass is 9.94. The number of rotatable bonds is 3. The van der Waals surface area contributed by atoms with Crippen LogP contribution < -0.4 is 15.6 Å². The van der Waals surface area contributed by atoms with Crippen molar-refractivity contribution in [2.75, 3.05) is 12.4 Å². The molecule has 0 spiro atoms. The summed E-state index contributed by atoms with van der Waals surface area (Å²) >= 11 is 1.55. The monoisotopic (exact) mass is 379 g/mol. The molecule has 0 radical (unpaired) electrons. The van der Waals surface area contributed by atoms with E-state index in [-0.39, 0.29) is 5.56 Å². The molecule has 134 valence electrons. The minimum atomic E-state index is -0.423. The second-order valence-electron chi connectivity index (χ2n) is 5.92. The van der Waals surface area contributed by atoms with Crippen molar-refractivity contribution in [3.8, 4) is 16.3 Å². The summed E-state index contributed by atoms with van der Waals surface area (Å²) in [4.78, 5) is 13.5. The number of thiophene rings is 1. The Morgan fingerprint density at radius 3 is 3.00 bits per heavy atom. The molecule has 0 aliphatic carbocycles. The molecule has 1 aliphatic rings. The molecule has 0 fully saturated rings. The highest BCUT2D eigenvalue weighted by molar-refractivity contribution is 7.13. The van der Waals surface area contributed by atoms with Crippen LogP contribution in [-0.2, 0) is 0 Å². The summed E-state index contributed by atoms with van der Waals surface area (Å²) in [5, 5.41) is 23.8. The molecule has 27 heavy (non-hydrogen) atoms. The van der Waals surface area contributed by atoms with E-state index in [1.165, 1.54) is 0 Å². The minimum Gasteiger partial charge on any atom is -0.497 e. The standard InChI is InChI=1S/C17H13N7O2S/c1-26-10-5-2-4-9(8-10)15-12-13(11-6-3-7-27-11)19-20-16(25)14(12)18-17-21-22-23-24(15)17/h2-8,15H,1H3,(H,20,25)(H,18,21,23)/t15-/m0/s1. The molecule has 9 nitrogen and oxygen atoms in total. The smallest absolute Gasteiger partial charge is 0.288 e.